The van der Waals surface area contributed by atoms with Gasteiger partial charge in [0.15, 0.2) is 0 Å². The molecule has 5 nitrogen and oxygen atoms in total. The van der Waals surface area contributed by atoms with Crippen molar-refractivity contribution in [1.82, 2.24) is 24.5 Å². The number of aryl methyl sites for hydroxylation is 3. The molecule has 0 N–H and O–H groups in total. The van der Waals surface area contributed by atoms with Crippen molar-refractivity contribution < 1.29 is 0 Å². The molecule has 0 saturated heterocycles. The summed E-state index contributed by atoms with van der Waals surface area (Å²) in [6.07, 6.45) is 7.34. The summed E-state index contributed by atoms with van der Waals surface area (Å²) < 4.78 is 3.82. The number of alkyl halides is 1. The van der Waals surface area contributed by atoms with Gasteiger partial charge >= 0.3 is 0 Å². The van der Waals surface area contributed by atoms with Crippen molar-refractivity contribution in [3.63, 3.8) is 0 Å². The van der Waals surface area contributed by atoms with Gasteiger partial charge in [0.2, 0.25) is 0 Å². The molecule has 0 spiro atoms. The van der Waals surface area contributed by atoms with E-state index in [-0.39, 0.29) is 5.38 Å². The van der Waals surface area contributed by atoms with Crippen LogP contribution < -0.4 is 0 Å². The fraction of sp³-hybridized carbons (Fsp3) is 0.545. The van der Waals surface area contributed by atoms with E-state index in [2.05, 4.69) is 15.3 Å². The second-order valence-corrected chi connectivity index (χ2v) is 4.51. The van der Waals surface area contributed by atoms with E-state index in [1.54, 1.807) is 6.20 Å². The first-order valence-corrected chi connectivity index (χ1v) is 6.14. The Balaban J connectivity index is 1.96. The number of halogens is 1. The van der Waals surface area contributed by atoms with Gasteiger partial charge in [0.1, 0.15) is 11.5 Å². The maximum Gasteiger partial charge on any atom is 0.110 e. The van der Waals surface area contributed by atoms with Crippen LogP contribution in [0.2, 0.25) is 0 Å². The summed E-state index contributed by atoms with van der Waals surface area (Å²) in [6, 6.07) is 0. The number of aromatic nitrogens is 5. The molecule has 2 aromatic rings. The molecule has 0 bridgehead atoms. The van der Waals surface area contributed by atoms with E-state index in [1.807, 2.05) is 35.6 Å². The molecule has 0 saturated carbocycles. The lowest BCUT2D eigenvalue weighted by atomic mass is 10.3. The van der Waals surface area contributed by atoms with Gasteiger partial charge in [0.05, 0.1) is 5.38 Å². The van der Waals surface area contributed by atoms with Gasteiger partial charge in [-0.3, -0.25) is 4.68 Å². The zero-order valence-electron chi connectivity index (χ0n) is 10.0. The highest BCUT2D eigenvalue weighted by atomic mass is 35.5. The van der Waals surface area contributed by atoms with Crippen LogP contribution in [0.3, 0.4) is 0 Å². The molecule has 0 radical (unpaired) electrons. The van der Waals surface area contributed by atoms with Crippen molar-refractivity contribution in [2.45, 2.75) is 31.7 Å². The third kappa shape index (κ3) is 2.85. The van der Waals surface area contributed by atoms with Crippen molar-refractivity contribution in [2.75, 3.05) is 0 Å². The average molecular weight is 254 g/mol. The molecule has 0 aliphatic heterocycles. The first kappa shape index (κ1) is 12.1. The second kappa shape index (κ2) is 5.31. The van der Waals surface area contributed by atoms with Crippen LogP contribution in [0.5, 0.6) is 0 Å². The lowest BCUT2D eigenvalue weighted by molar-refractivity contribution is 0.569. The monoisotopic (exact) mass is 253 g/mol. The minimum atomic E-state index is -0.0445. The van der Waals surface area contributed by atoms with Crippen molar-refractivity contribution in [1.29, 1.82) is 0 Å². The zero-order chi connectivity index (χ0) is 12.3. The van der Waals surface area contributed by atoms with Crippen LogP contribution in [-0.4, -0.2) is 24.5 Å². The minimum absolute atomic E-state index is 0.0445. The van der Waals surface area contributed by atoms with Crippen molar-refractivity contribution in [2.24, 2.45) is 7.05 Å². The highest BCUT2D eigenvalue weighted by Crippen LogP contribution is 2.20. The number of nitrogens with zero attached hydrogens (tertiary/aromatic N) is 5. The molecule has 1 atom stereocenters. The Morgan fingerprint density at radius 3 is 2.94 bits per heavy atom. The molecule has 0 fully saturated rings. The van der Waals surface area contributed by atoms with Gasteiger partial charge in [-0.25, -0.2) is 4.98 Å². The second-order valence-electron chi connectivity index (χ2n) is 3.99. The largest absolute Gasteiger partial charge is 0.338 e. The lowest BCUT2D eigenvalue weighted by Crippen LogP contribution is -2.06. The topological polar surface area (TPSA) is 48.5 Å². The molecule has 2 heterocycles. The summed E-state index contributed by atoms with van der Waals surface area (Å²) >= 11 is 6.10. The molecule has 1 unspecified atom stereocenters. The minimum Gasteiger partial charge on any atom is -0.338 e. The summed E-state index contributed by atoms with van der Waals surface area (Å²) in [5.41, 5.74) is 0.842. The van der Waals surface area contributed by atoms with Gasteiger partial charge in [0.25, 0.3) is 0 Å². The van der Waals surface area contributed by atoms with E-state index in [0.717, 1.165) is 30.9 Å². The Labute approximate surface area is 105 Å². The van der Waals surface area contributed by atoms with Crippen LogP contribution >= 0.6 is 11.6 Å². The first-order valence-electron chi connectivity index (χ1n) is 5.71. The van der Waals surface area contributed by atoms with Crippen molar-refractivity contribution in [3.8, 4) is 0 Å². The van der Waals surface area contributed by atoms with Gasteiger partial charge in [-0.05, 0) is 6.42 Å². The zero-order valence-corrected chi connectivity index (χ0v) is 10.8. The molecule has 2 rings (SSSR count). The van der Waals surface area contributed by atoms with Crippen LogP contribution in [0, 0.1) is 0 Å². The maximum absolute atomic E-state index is 6.10. The van der Waals surface area contributed by atoms with Crippen LogP contribution in [0.4, 0.5) is 0 Å². The standard InChI is InChI=1S/C11H16ClN5/c1-3-9(12)10-8-17(15-14-10)6-4-11-13-5-7-16(11)2/h5,7-9H,3-4,6H2,1-2H3. The Hall–Kier alpha value is -1.36. The molecule has 2 aromatic heterocycles. The Kier molecular flexibility index (Phi) is 3.78. The predicted molar refractivity (Wildman–Crippen MR) is 65.8 cm³/mol. The summed E-state index contributed by atoms with van der Waals surface area (Å²) in [4.78, 5) is 4.26. The molecule has 0 amide bonds. The molecular formula is C11H16ClN5. The number of rotatable bonds is 5. The third-order valence-electron chi connectivity index (χ3n) is 2.72. The number of hydrogen-bond acceptors (Lipinski definition) is 3. The molecular weight excluding hydrogens is 238 g/mol. The van der Waals surface area contributed by atoms with Gasteiger partial charge < -0.3 is 4.57 Å². The fourth-order valence-electron chi connectivity index (χ4n) is 1.63. The van der Waals surface area contributed by atoms with Crippen molar-refractivity contribution in [3.05, 3.63) is 30.1 Å². The van der Waals surface area contributed by atoms with Crippen LogP contribution in [0.15, 0.2) is 18.6 Å². The van der Waals surface area contributed by atoms with Crippen LogP contribution in [0.1, 0.15) is 30.2 Å². The molecule has 0 aliphatic carbocycles. The van der Waals surface area contributed by atoms with E-state index >= 15 is 0 Å². The quantitative estimate of drug-likeness (QED) is 0.766. The summed E-state index contributed by atoms with van der Waals surface area (Å²) in [6.45, 7) is 2.80. The van der Waals surface area contributed by atoms with E-state index < -0.39 is 0 Å². The van der Waals surface area contributed by atoms with Gasteiger partial charge in [-0.15, -0.1) is 16.7 Å². The third-order valence-corrected chi connectivity index (χ3v) is 3.25. The normalized spacial score (nSPS) is 12.9. The van der Waals surface area contributed by atoms with Gasteiger partial charge in [-0.2, -0.15) is 0 Å². The SMILES string of the molecule is CCC(Cl)c1cn(CCc2nccn2C)nn1. The van der Waals surface area contributed by atoms with Gasteiger partial charge in [0, 0.05) is 38.6 Å². The van der Waals surface area contributed by atoms with E-state index in [4.69, 9.17) is 11.6 Å². The van der Waals surface area contributed by atoms with E-state index in [1.165, 1.54) is 0 Å². The first-order chi connectivity index (χ1) is 8.20. The van der Waals surface area contributed by atoms with Gasteiger partial charge in [-0.1, -0.05) is 12.1 Å². The molecule has 0 aliphatic rings. The number of imidazole rings is 1. The Morgan fingerprint density at radius 1 is 1.47 bits per heavy atom. The predicted octanol–water partition coefficient (Wildman–Crippen LogP) is 1.94. The number of hydrogen-bond donors (Lipinski definition) is 0. The summed E-state index contributed by atoms with van der Waals surface area (Å²) in [5.74, 6) is 1.04. The average Bonchev–Trinajstić information content (AvgIpc) is 2.94. The molecule has 92 valence electrons. The van der Waals surface area contributed by atoms with Crippen LogP contribution in [0.25, 0.3) is 0 Å². The van der Waals surface area contributed by atoms with Crippen molar-refractivity contribution >= 4 is 11.6 Å². The smallest absolute Gasteiger partial charge is 0.110 e. The van der Waals surface area contributed by atoms with E-state index in [0.29, 0.717) is 0 Å². The Bertz CT molecular complexity index is 476. The lowest BCUT2D eigenvalue weighted by Gasteiger charge is -2.01. The molecule has 6 heteroatoms. The highest BCUT2D eigenvalue weighted by Gasteiger charge is 2.10. The maximum atomic E-state index is 6.10. The highest BCUT2D eigenvalue weighted by molar-refractivity contribution is 6.20. The fourth-order valence-corrected chi connectivity index (χ4v) is 1.73. The van der Waals surface area contributed by atoms with Crippen LogP contribution in [-0.2, 0) is 20.0 Å². The summed E-state index contributed by atoms with van der Waals surface area (Å²) in [7, 11) is 1.99. The molecule has 0 aromatic carbocycles. The van der Waals surface area contributed by atoms with E-state index in [9.17, 15) is 0 Å². The molecule has 17 heavy (non-hydrogen) atoms. The summed E-state index contributed by atoms with van der Waals surface area (Å²) in [5, 5.41) is 8.08. The Morgan fingerprint density at radius 2 is 2.29 bits per heavy atom.